The SMILES string of the molecule is CC(=O)NCCNS(=O)(=O)c1cncc(C#CCCO)c1. The summed E-state index contributed by atoms with van der Waals surface area (Å²) in [5, 5.41) is 11.1. The van der Waals surface area contributed by atoms with Crippen LogP contribution in [0.3, 0.4) is 0 Å². The number of aliphatic hydroxyl groups excluding tert-OH is 1. The van der Waals surface area contributed by atoms with Crippen LogP contribution in [0.25, 0.3) is 0 Å². The van der Waals surface area contributed by atoms with Crippen LogP contribution >= 0.6 is 0 Å². The fourth-order valence-corrected chi connectivity index (χ4v) is 2.38. The molecular formula is C13H17N3O4S. The second-order valence-corrected chi connectivity index (χ2v) is 5.83. The minimum Gasteiger partial charge on any atom is -0.395 e. The molecule has 1 amide bonds. The molecule has 0 radical (unpaired) electrons. The Kier molecular flexibility index (Phi) is 6.81. The molecule has 8 heteroatoms. The molecule has 114 valence electrons. The van der Waals surface area contributed by atoms with E-state index in [1.807, 2.05) is 0 Å². The summed E-state index contributed by atoms with van der Waals surface area (Å²) in [6.45, 7) is 1.59. The van der Waals surface area contributed by atoms with Crippen LogP contribution in [0.5, 0.6) is 0 Å². The molecule has 0 atom stereocenters. The van der Waals surface area contributed by atoms with Gasteiger partial charge >= 0.3 is 0 Å². The van der Waals surface area contributed by atoms with Gasteiger partial charge in [0.25, 0.3) is 0 Å². The average Bonchev–Trinajstić information content (AvgIpc) is 2.44. The largest absolute Gasteiger partial charge is 0.395 e. The summed E-state index contributed by atoms with van der Waals surface area (Å²) >= 11 is 0. The Hall–Kier alpha value is -1.95. The van der Waals surface area contributed by atoms with E-state index in [1.54, 1.807) is 0 Å². The lowest BCUT2D eigenvalue weighted by molar-refractivity contribution is -0.118. The third-order valence-corrected chi connectivity index (χ3v) is 3.71. The molecule has 0 saturated heterocycles. The number of amides is 1. The van der Waals surface area contributed by atoms with E-state index in [0.717, 1.165) is 0 Å². The first-order valence-electron chi connectivity index (χ1n) is 6.24. The normalized spacial score (nSPS) is 10.6. The van der Waals surface area contributed by atoms with Crippen molar-refractivity contribution < 1.29 is 18.3 Å². The predicted molar refractivity (Wildman–Crippen MR) is 76.7 cm³/mol. The van der Waals surface area contributed by atoms with Crippen molar-refractivity contribution in [3.63, 3.8) is 0 Å². The first-order valence-corrected chi connectivity index (χ1v) is 7.73. The number of hydrogen-bond acceptors (Lipinski definition) is 5. The summed E-state index contributed by atoms with van der Waals surface area (Å²) in [6.07, 6.45) is 2.98. The molecule has 0 aromatic carbocycles. The molecule has 0 aliphatic carbocycles. The van der Waals surface area contributed by atoms with E-state index in [9.17, 15) is 13.2 Å². The first kappa shape index (κ1) is 17.1. The molecule has 0 aliphatic heterocycles. The van der Waals surface area contributed by atoms with Crippen molar-refractivity contribution in [3.05, 3.63) is 24.0 Å². The lowest BCUT2D eigenvalue weighted by atomic mass is 10.3. The van der Waals surface area contributed by atoms with Gasteiger partial charge in [-0.3, -0.25) is 9.78 Å². The van der Waals surface area contributed by atoms with Crippen molar-refractivity contribution in [2.45, 2.75) is 18.2 Å². The molecule has 0 saturated carbocycles. The summed E-state index contributed by atoms with van der Waals surface area (Å²) in [7, 11) is -3.69. The van der Waals surface area contributed by atoms with Gasteiger partial charge in [-0.15, -0.1) is 0 Å². The van der Waals surface area contributed by atoms with Gasteiger partial charge in [-0.25, -0.2) is 13.1 Å². The lowest BCUT2D eigenvalue weighted by Gasteiger charge is -2.07. The smallest absolute Gasteiger partial charge is 0.242 e. The standard InChI is InChI=1S/C13H17N3O4S/c1-11(18)15-5-6-16-21(19,20)13-8-12(9-14-10-13)4-2-3-7-17/h8-10,16-17H,3,5-7H2,1H3,(H,15,18). The summed E-state index contributed by atoms with van der Waals surface area (Å²) < 4.78 is 26.4. The highest BCUT2D eigenvalue weighted by Crippen LogP contribution is 2.08. The summed E-state index contributed by atoms with van der Waals surface area (Å²) in [4.78, 5) is 14.5. The molecule has 3 N–H and O–H groups in total. The van der Waals surface area contributed by atoms with E-state index < -0.39 is 10.0 Å². The van der Waals surface area contributed by atoms with Gasteiger partial charge in [-0.1, -0.05) is 11.8 Å². The highest BCUT2D eigenvalue weighted by molar-refractivity contribution is 7.89. The number of hydrogen-bond donors (Lipinski definition) is 3. The number of carbonyl (C=O) groups is 1. The van der Waals surface area contributed by atoms with E-state index in [-0.39, 0.29) is 30.5 Å². The molecule has 0 aliphatic rings. The van der Waals surface area contributed by atoms with E-state index in [1.165, 1.54) is 25.4 Å². The average molecular weight is 311 g/mol. The zero-order valence-electron chi connectivity index (χ0n) is 11.6. The van der Waals surface area contributed by atoms with Crippen LogP contribution in [0.1, 0.15) is 18.9 Å². The molecule has 1 rings (SSSR count). The minimum atomic E-state index is -3.69. The number of nitrogens with one attached hydrogen (secondary N) is 2. The number of aliphatic hydroxyl groups is 1. The number of nitrogens with zero attached hydrogens (tertiary/aromatic N) is 1. The number of aromatic nitrogens is 1. The Morgan fingerprint density at radius 2 is 2.14 bits per heavy atom. The second kappa shape index (κ2) is 8.36. The van der Waals surface area contributed by atoms with Crippen LogP contribution in [-0.2, 0) is 14.8 Å². The third kappa shape index (κ3) is 6.35. The topological polar surface area (TPSA) is 108 Å². The van der Waals surface area contributed by atoms with Crippen LogP contribution in [0.15, 0.2) is 23.4 Å². The van der Waals surface area contributed by atoms with E-state index >= 15 is 0 Å². The number of rotatable bonds is 6. The summed E-state index contributed by atoms with van der Waals surface area (Å²) in [5.74, 6) is 5.19. The van der Waals surface area contributed by atoms with Gasteiger partial charge in [0, 0.05) is 44.4 Å². The Bertz CT molecular complexity index is 647. The Morgan fingerprint density at radius 1 is 1.38 bits per heavy atom. The Labute approximate surface area is 123 Å². The van der Waals surface area contributed by atoms with E-state index in [2.05, 4.69) is 26.9 Å². The molecule has 0 spiro atoms. The summed E-state index contributed by atoms with van der Waals surface area (Å²) in [6, 6.07) is 1.40. The van der Waals surface area contributed by atoms with Crippen LogP contribution in [0.4, 0.5) is 0 Å². The van der Waals surface area contributed by atoms with Crippen molar-refractivity contribution in [1.29, 1.82) is 0 Å². The molecule has 0 fully saturated rings. The van der Waals surface area contributed by atoms with Gasteiger partial charge in [0.2, 0.25) is 15.9 Å². The third-order valence-electron chi connectivity index (χ3n) is 2.28. The Morgan fingerprint density at radius 3 is 2.81 bits per heavy atom. The van der Waals surface area contributed by atoms with Gasteiger partial charge in [0.1, 0.15) is 4.90 Å². The molecule has 1 aromatic heterocycles. The number of sulfonamides is 1. The van der Waals surface area contributed by atoms with Crippen molar-refractivity contribution in [1.82, 2.24) is 15.0 Å². The van der Waals surface area contributed by atoms with Gasteiger partial charge < -0.3 is 10.4 Å². The van der Waals surface area contributed by atoms with Gasteiger partial charge in [0.15, 0.2) is 0 Å². The molecule has 0 unspecified atom stereocenters. The van der Waals surface area contributed by atoms with Crippen molar-refractivity contribution in [2.75, 3.05) is 19.7 Å². The molecule has 1 heterocycles. The highest BCUT2D eigenvalue weighted by atomic mass is 32.2. The second-order valence-electron chi connectivity index (χ2n) is 4.07. The first-order chi connectivity index (χ1) is 9.95. The van der Waals surface area contributed by atoms with E-state index in [0.29, 0.717) is 12.0 Å². The molecule has 21 heavy (non-hydrogen) atoms. The molecule has 1 aromatic rings. The molecular weight excluding hydrogens is 294 g/mol. The quantitative estimate of drug-likeness (QED) is 0.472. The lowest BCUT2D eigenvalue weighted by Crippen LogP contribution is -2.33. The zero-order valence-corrected chi connectivity index (χ0v) is 12.4. The van der Waals surface area contributed by atoms with Crippen LogP contribution in [0.2, 0.25) is 0 Å². The summed E-state index contributed by atoms with van der Waals surface area (Å²) in [5.41, 5.74) is 0.452. The molecule has 0 bridgehead atoms. The Balaban J connectivity index is 2.73. The number of carbonyl (C=O) groups excluding carboxylic acids is 1. The van der Waals surface area contributed by atoms with Crippen molar-refractivity contribution in [2.24, 2.45) is 0 Å². The van der Waals surface area contributed by atoms with Crippen molar-refractivity contribution in [3.8, 4) is 11.8 Å². The van der Waals surface area contributed by atoms with Crippen LogP contribution in [0, 0.1) is 11.8 Å². The zero-order chi connectivity index (χ0) is 15.7. The maximum atomic E-state index is 12.0. The fraction of sp³-hybridized carbons (Fsp3) is 0.385. The van der Waals surface area contributed by atoms with E-state index in [4.69, 9.17) is 5.11 Å². The van der Waals surface area contributed by atoms with Gasteiger partial charge in [-0.2, -0.15) is 0 Å². The maximum absolute atomic E-state index is 12.0. The fourth-order valence-electron chi connectivity index (χ4n) is 1.36. The maximum Gasteiger partial charge on any atom is 0.242 e. The predicted octanol–water partition coefficient (Wildman–Crippen LogP) is -0.770. The van der Waals surface area contributed by atoms with Crippen molar-refractivity contribution >= 4 is 15.9 Å². The minimum absolute atomic E-state index is 0.00104. The highest BCUT2D eigenvalue weighted by Gasteiger charge is 2.14. The molecule has 7 nitrogen and oxygen atoms in total. The number of pyridine rings is 1. The van der Waals surface area contributed by atoms with Crippen LogP contribution < -0.4 is 10.0 Å². The van der Waals surface area contributed by atoms with Gasteiger partial charge in [-0.05, 0) is 6.07 Å². The van der Waals surface area contributed by atoms with Crippen LogP contribution in [-0.4, -0.2) is 44.1 Å². The van der Waals surface area contributed by atoms with Gasteiger partial charge in [0.05, 0.1) is 6.61 Å². The monoisotopic (exact) mass is 311 g/mol.